The average Bonchev–Trinajstić information content (AvgIpc) is 3.07. The molecule has 28 heavy (non-hydrogen) atoms. The van der Waals surface area contributed by atoms with Crippen LogP contribution in [-0.4, -0.2) is 33.0 Å². The first-order chi connectivity index (χ1) is 13.5. The number of halogens is 1. The molecule has 3 rings (SSSR count). The van der Waals surface area contributed by atoms with Gasteiger partial charge in [0.15, 0.2) is 11.0 Å². The first kappa shape index (κ1) is 20.2. The summed E-state index contributed by atoms with van der Waals surface area (Å²) in [6, 6.07) is 15.1. The highest BCUT2D eigenvalue weighted by molar-refractivity contribution is 8.00. The molecule has 0 aliphatic rings. The van der Waals surface area contributed by atoms with Crippen molar-refractivity contribution in [3.63, 3.8) is 0 Å². The number of aromatic nitrogens is 3. The lowest BCUT2D eigenvalue weighted by molar-refractivity contribution is -0.120. The Bertz CT molecular complexity index is 976. The molecule has 8 heteroatoms. The first-order valence-electron chi connectivity index (χ1n) is 8.71. The van der Waals surface area contributed by atoms with E-state index in [4.69, 9.17) is 16.3 Å². The van der Waals surface area contributed by atoms with Gasteiger partial charge in [0.1, 0.15) is 5.75 Å². The highest BCUT2D eigenvalue weighted by Crippen LogP contribution is 2.31. The number of para-hydroxylation sites is 1. The van der Waals surface area contributed by atoms with Gasteiger partial charge < -0.3 is 14.6 Å². The number of nitrogens with one attached hydrogen (secondary N) is 1. The minimum absolute atomic E-state index is 0.0910. The van der Waals surface area contributed by atoms with E-state index in [-0.39, 0.29) is 11.2 Å². The van der Waals surface area contributed by atoms with Crippen LogP contribution in [0.2, 0.25) is 5.02 Å². The maximum absolute atomic E-state index is 12.5. The number of carbonyl (C=O) groups is 1. The topological polar surface area (TPSA) is 69.0 Å². The second-order valence-corrected chi connectivity index (χ2v) is 7.85. The van der Waals surface area contributed by atoms with E-state index in [1.54, 1.807) is 13.2 Å². The van der Waals surface area contributed by atoms with E-state index in [1.165, 1.54) is 11.8 Å². The van der Waals surface area contributed by atoms with Gasteiger partial charge in [0.25, 0.3) is 0 Å². The van der Waals surface area contributed by atoms with E-state index in [9.17, 15) is 4.79 Å². The molecule has 0 saturated carbocycles. The van der Waals surface area contributed by atoms with E-state index in [1.807, 2.05) is 61.0 Å². The first-order valence-corrected chi connectivity index (χ1v) is 9.97. The number of thioether (sulfide) groups is 1. The molecule has 6 nitrogen and oxygen atoms in total. The van der Waals surface area contributed by atoms with Crippen molar-refractivity contribution in [1.29, 1.82) is 0 Å². The number of methoxy groups -OCH3 is 1. The summed E-state index contributed by atoms with van der Waals surface area (Å²) in [5.41, 5.74) is 1.73. The molecule has 0 spiro atoms. The smallest absolute Gasteiger partial charge is 0.233 e. The number of ether oxygens (including phenoxy) is 1. The fourth-order valence-corrected chi connectivity index (χ4v) is 3.70. The summed E-state index contributed by atoms with van der Waals surface area (Å²) in [6.07, 6.45) is 0. The molecular formula is C20H21ClN4O2S. The fraction of sp³-hybridized carbons (Fsp3) is 0.250. The van der Waals surface area contributed by atoms with Gasteiger partial charge in [-0.05, 0) is 30.7 Å². The van der Waals surface area contributed by atoms with Crippen molar-refractivity contribution in [1.82, 2.24) is 20.1 Å². The SMILES string of the molecule is COc1ccccc1-c1nnc(S[C@@H](C)C(=O)NCc2ccccc2Cl)n1C. The summed E-state index contributed by atoms with van der Waals surface area (Å²) >= 11 is 7.49. The minimum Gasteiger partial charge on any atom is -0.496 e. The Morgan fingerprint density at radius 1 is 1.21 bits per heavy atom. The molecule has 0 saturated heterocycles. The third-order valence-corrected chi connectivity index (χ3v) is 5.75. The molecule has 0 aliphatic heterocycles. The van der Waals surface area contributed by atoms with Gasteiger partial charge in [0.05, 0.1) is 17.9 Å². The number of benzene rings is 2. The fourth-order valence-electron chi connectivity index (χ4n) is 2.66. The summed E-state index contributed by atoms with van der Waals surface area (Å²) in [4.78, 5) is 12.5. The van der Waals surface area contributed by atoms with Crippen LogP contribution in [-0.2, 0) is 18.4 Å². The van der Waals surface area contributed by atoms with Crippen LogP contribution >= 0.6 is 23.4 Å². The molecular weight excluding hydrogens is 396 g/mol. The normalized spacial score (nSPS) is 11.9. The third kappa shape index (κ3) is 4.48. The summed E-state index contributed by atoms with van der Waals surface area (Å²) in [5.74, 6) is 1.32. The third-order valence-electron chi connectivity index (χ3n) is 4.25. The molecule has 0 unspecified atom stereocenters. The molecule has 1 heterocycles. The van der Waals surface area contributed by atoms with E-state index in [0.29, 0.717) is 22.5 Å². The lowest BCUT2D eigenvalue weighted by Crippen LogP contribution is -2.30. The Morgan fingerprint density at radius 2 is 1.93 bits per heavy atom. The largest absolute Gasteiger partial charge is 0.496 e. The van der Waals surface area contributed by atoms with Crippen LogP contribution in [0.1, 0.15) is 12.5 Å². The van der Waals surface area contributed by atoms with Crippen molar-refractivity contribution in [2.75, 3.05) is 7.11 Å². The van der Waals surface area contributed by atoms with Gasteiger partial charge >= 0.3 is 0 Å². The number of carbonyl (C=O) groups excluding carboxylic acids is 1. The second-order valence-electron chi connectivity index (χ2n) is 6.13. The van der Waals surface area contributed by atoms with Crippen LogP contribution in [0.3, 0.4) is 0 Å². The standard InChI is InChI=1S/C20H21ClN4O2S/c1-13(19(26)22-12-14-8-4-6-10-16(14)21)28-20-24-23-18(25(20)2)15-9-5-7-11-17(15)27-3/h4-11,13H,12H2,1-3H3,(H,22,26)/t13-/m0/s1. The van der Waals surface area contributed by atoms with Gasteiger partial charge in [0.2, 0.25) is 5.91 Å². The summed E-state index contributed by atoms with van der Waals surface area (Å²) < 4.78 is 7.27. The van der Waals surface area contributed by atoms with E-state index in [2.05, 4.69) is 15.5 Å². The van der Waals surface area contributed by atoms with Crippen LogP contribution in [0.5, 0.6) is 5.75 Å². The molecule has 0 fully saturated rings. The van der Waals surface area contributed by atoms with Crippen molar-refractivity contribution in [2.45, 2.75) is 23.9 Å². The van der Waals surface area contributed by atoms with Crippen LogP contribution in [0.15, 0.2) is 53.7 Å². The number of hydrogen-bond donors (Lipinski definition) is 1. The zero-order valence-electron chi connectivity index (χ0n) is 15.8. The zero-order valence-corrected chi connectivity index (χ0v) is 17.4. The van der Waals surface area contributed by atoms with Crippen LogP contribution in [0.4, 0.5) is 0 Å². The maximum atomic E-state index is 12.5. The monoisotopic (exact) mass is 416 g/mol. The van der Waals surface area contributed by atoms with E-state index < -0.39 is 0 Å². The van der Waals surface area contributed by atoms with Gasteiger partial charge in [0, 0.05) is 18.6 Å². The minimum atomic E-state index is -0.337. The highest BCUT2D eigenvalue weighted by atomic mass is 35.5. The summed E-state index contributed by atoms with van der Waals surface area (Å²) in [5, 5.41) is 12.4. The van der Waals surface area contributed by atoms with Crippen molar-refractivity contribution < 1.29 is 9.53 Å². The molecule has 146 valence electrons. The van der Waals surface area contributed by atoms with Crippen molar-refractivity contribution >= 4 is 29.3 Å². The summed E-state index contributed by atoms with van der Waals surface area (Å²) in [6.45, 7) is 2.22. The zero-order chi connectivity index (χ0) is 20.1. The Hall–Kier alpha value is -2.51. The molecule has 0 bridgehead atoms. The molecule has 3 aromatic rings. The van der Waals surface area contributed by atoms with Gasteiger partial charge in [-0.15, -0.1) is 10.2 Å². The van der Waals surface area contributed by atoms with Crippen LogP contribution < -0.4 is 10.1 Å². The second kappa shape index (κ2) is 9.12. The Labute approximate surface area is 173 Å². The average molecular weight is 417 g/mol. The molecule has 2 aromatic carbocycles. The lowest BCUT2D eigenvalue weighted by Gasteiger charge is -2.12. The summed E-state index contributed by atoms with van der Waals surface area (Å²) in [7, 11) is 3.49. The van der Waals surface area contributed by atoms with Gasteiger partial charge in [-0.25, -0.2) is 0 Å². The van der Waals surface area contributed by atoms with Gasteiger partial charge in [-0.1, -0.05) is 53.7 Å². The molecule has 1 amide bonds. The molecule has 1 aromatic heterocycles. The van der Waals surface area contributed by atoms with Gasteiger partial charge in [-0.3, -0.25) is 4.79 Å². The quantitative estimate of drug-likeness (QED) is 0.591. The number of rotatable bonds is 7. The predicted molar refractivity (Wildman–Crippen MR) is 112 cm³/mol. The number of hydrogen-bond acceptors (Lipinski definition) is 5. The molecule has 1 N–H and O–H groups in total. The van der Waals surface area contributed by atoms with Crippen molar-refractivity contribution in [3.05, 3.63) is 59.1 Å². The Kier molecular flexibility index (Phi) is 6.59. The predicted octanol–water partition coefficient (Wildman–Crippen LogP) is 3.94. The maximum Gasteiger partial charge on any atom is 0.233 e. The van der Waals surface area contributed by atoms with Gasteiger partial charge in [-0.2, -0.15) is 0 Å². The van der Waals surface area contributed by atoms with Crippen molar-refractivity contribution in [3.8, 4) is 17.1 Å². The Balaban J connectivity index is 1.67. The van der Waals surface area contributed by atoms with E-state index >= 15 is 0 Å². The highest BCUT2D eigenvalue weighted by Gasteiger charge is 2.20. The Morgan fingerprint density at radius 3 is 2.68 bits per heavy atom. The van der Waals surface area contributed by atoms with E-state index in [0.717, 1.165) is 16.9 Å². The lowest BCUT2D eigenvalue weighted by atomic mass is 10.2. The van der Waals surface area contributed by atoms with Crippen LogP contribution in [0.25, 0.3) is 11.4 Å². The molecule has 0 radical (unpaired) electrons. The number of amides is 1. The van der Waals surface area contributed by atoms with Crippen LogP contribution in [0, 0.1) is 0 Å². The van der Waals surface area contributed by atoms with Crippen molar-refractivity contribution in [2.24, 2.45) is 7.05 Å². The molecule has 0 aliphatic carbocycles. The molecule has 1 atom stereocenters. The number of nitrogens with zero attached hydrogens (tertiary/aromatic N) is 3.